The van der Waals surface area contributed by atoms with Gasteiger partial charge in [0.05, 0.1) is 5.02 Å². The first-order valence-corrected chi connectivity index (χ1v) is 8.54. The number of hydrogen-bond donors (Lipinski definition) is 1. The van der Waals surface area contributed by atoms with Crippen LogP contribution in [-0.4, -0.2) is 8.42 Å². The third kappa shape index (κ3) is 3.82. The Kier molecular flexibility index (Phi) is 4.86. The van der Waals surface area contributed by atoms with E-state index in [0.29, 0.717) is 0 Å². The minimum absolute atomic E-state index is 0.0787. The molecule has 0 radical (unpaired) electrons. The molecule has 0 aliphatic carbocycles. The summed E-state index contributed by atoms with van der Waals surface area (Å²) < 4.78 is 27.7. The molecule has 0 fully saturated rings. The molecule has 0 atom stereocenters. The average molecular weight is 375 g/mol. The highest BCUT2D eigenvalue weighted by atomic mass is 79.9. The molecular weight excluding hydrogens is 362 g/mol. The highest BCUT2D eigenvalue weighted by Gasteiger charge is 2.17. The van der Waals surface area contributed by atoms with Crippen molar-refractivity contribution >= 4 is 37.6 Å². The van der Waals surface area contributed by atoms with Crippen LogP contribution in [0.3, 0.4) is 0 Å². The van der Waals surface area contributed by atoms with Crippen molar-refractivity contribution in [1.82, 2.24) is 4.72 Å². The summed E-state index contributed by atoms with van der Waals surface area (Å²) in [5, 5.41) is 0.191. The number of rotatable bonds is 4. The second kappa shape index (κ2) is 6.26. The molecule has 0 unspecified atom stereocenters. The summed E-state index contributed by atoms with van der Waals surface area (Å²) in [6, 6.07) is 12.3. The molecule has 0 aliphatic rings. The Morgan fingerprint density at radius 1 is 1.20 bits per heavy atom. The fraction of sp³-hybridized carbons (Fsp3) is 0.143. The summed E-state index contributed by atoms with van der Waals surface area (Å²) in [7, 11) is -3.62. The van der Waals surface area contributed by atoms with E-state index in [1.165, 1.54) is 6.07 Å². The van der Waals surface area contributed by atoms with Gasteiger partial charge in [-0.15, -0.1) is 0 Å². The Balaban J connectivity index is 2.19. The molecule has 20 heavy (non-hydrogen) atoms. The molecule has 2 aromatic rings. The summed E-state index contributed by atoms with van der Waals surface area (Å²) in [6.45, 7) is 2.19. The van der Waals surface area contributed by atoms with Crippen LogP contribution < -0.4 is 4.72 Å². The topological polar surface area (TPSA) is 46.2 Å². The quantitative estimate of drug-likeness (QED) is 0.882. The lowest BCUT2D eigenvalue weighted by atomic mass is 10.1. The van der Waals surface area contributed by atoms with E-state index >= 15 is 0 Å². The van der Waals surface area contributed by atoms with Crippen molar-refractivity contribution < 1.29 is 8.42 Å². The molecule has 0 bridgehead atoms. The SMILES string of the molecule is Cc1cccc(CNS(=O)(=O)c2ccc(Br)cc2Cl)c1. The molecule has 3 nitrogen and oxygen atoms in total. The van der Waals surface area contributed by atoms with E-state index in [0.717, 1.165) is 15.6 Å². The Hall–Kier alpha value is -0.880. The predicted molar refractivity (Wildman–Crippen MR) is 84.4 cm³/mol. The van der Waals surface area contributed by atoms with E-state index < -0.39 is 10.0 Å². The van der Waals surface area contributed by atoms with Gasteiger partial charge in [0.2, 0.25) is 10.0 Å². The van der Waals surface area contributed by atoms with E-state index in [1.807, 2.05) is 31.2 Å². The van der Waals surface area contributed by atoms with Crippen LogP contribution in [0.15, 0.2) is 51.8 Å². The number of benzene rings is 2. The van der Waals surface area contributed by atoms with Crippen LogP contribution in [0, 0.1) is 6.92 Å². The first-order chi connectivity index (χ1) is 9.38. The first-order valence-electron chi connectivity index (χ1n) is 5.89. The number of halogens is 2. The van der Waals surface area contributed by atoms with Crippen LogP contribution in [0.4, 0.5) is 0 Å². The first kappa shape index (κ1) is 15.5. The maximum Gasteiger partial charge on any atom is 0.242 e. The molecule has 2 aromatic carbocycles. The highest BCUT2D eigenvalue weighted by molar-refractivity contribution is 9.10. The van der Waals surface area contributed by atoms with Crippen LogP contribution in [0.5, 0.6) is 0 Å². The fourth-order valence-corrected chi connectivity index (χ4v) is 3.82. The van der Waals surface area contributed by atoms with Crippen molar-refractivity contribution in [2.24, 2.45) is 0 Å². The Morgan fingerprint density at radius 2 is 1.95 bits per heavy atom. The van der Waals surface area contributed by atoms with Crippen LogP contribution in [0.25, 0.3) is 0 Å². The summed E-state index contributed by atoms with van der Waals surface area (Å²) in [5.41, 5.74) is 1.99. The van der Waals surface area contributed by atoms with Gasteiger partial charge in [0.15, 0.2) is 0 Å². The molecular formula is C14H13BrClNO2S. The predicted octanol–water partition coefficient (Wildman–Crippen LogP) is 3.89. The molecule has 0 saturated heterocycles. The van der Waals surface area contributed by atoms with Gasteiger partial charge in [-0.1, -0.05) is 57.4 Å². The van der Waals surface area contributed by atoms with Crippen molar-refractivity contribution in [3.8, 4) is 0 Å². The van der Waals surface area contributed by atoms with Crippen LogP contribution in [-0.2, 0) is 16.6 Å². The third-order valence-electron chi connectivity index (χ3n) is 2.73. The second-order valence-electron chi connectivity index (χ2n) is 4.39. The van der Waals surface area contributed by atoms with E-state index in [-0.39, 0.29) is 16.5 Å². The Bertz CT molecular complexity index is 732. The molecule has 0 amide bonds. The molecule has 0 saturated carbocycles. The monoisotopic (exact) mass is 373 g/mol. The van der Waals surface area contributed by atoms with E-state index in [2.05, 4.69) is 20.7 Å². The fourth-order valence-electron chi connectivity index (χ4n) is 1.77. The van der Waals surface area contributed by atoms with Gasteiger partial charge in [0.25, 0.3) is 0 Å². The van der Waals surface area contributed by atoms with E-state index in [9.17, 15) is 8.42 Å². The average Bonchev–Trinajstić information content (AvgIpc) is 2.36. The van der Waals surface area contributed by atoms with Crippen molar-refractivity contribution in [1.29, 1.82) is 0 Å². The van der Waals surface area contributed by atoms with Gasteiger partial charge in [-0.2, -0.15) is 0 Å². The lowest BCUT2D eigenvalue weighted by Gasteiger charge is -2.09. The minimum Gasteiger partial charge on any atom is -0.207 e. The largest absolute Gasteiger partial charge is 0.242 e. The summed E-state index contributed by atoms with van der Waals surface area (Å²) in [5.74, 6) is 0. The third-order valence-corrected chi connectivity index (χ3v) is 5.11. The number of nitrogens with one attached hydrogen (secondary N) is 1. The second-order valence-corrected chi connectivity index (χ2v) is 7.45. The Labute approximate surface area is 132 Å². The lowest BCUT2D eigenvalue weighted by Crippen LogP contribution is -2.23. The number of sulfonamides is 1. The summed E-state index contributed by atoms with van der Waals surface area (Å²) in [6.07, 6.45) is 0. The van der Waals surface area contributed by atoms with Crippen molar-refractivity contribution in [3.63, 3.8) is 0 Å². The van der Waals surface area contributed by atoms with Crippen molar-refractivity contribution in [2.75, 3.05) is 0 Å². The zero-order valence-electron chi connectivity index (χ0n) is 10.7. The van der Waals surface area contributed by atoms with Gasteiger partial charge in [-0.05, 0) is 30.7 Å². The molecule has 6 heteroatoms. The van der Waals surface area contributed by atoms with Gasteiger partial charge in [0.1, 0.15) is 4.90 Å². The summed E-state index contributed by atoms with van der Waals surface area (Å²) >= 11 is 9.22. The number of hydrogen-bond acceptors (Lipinski definition) is 2. The van der Waals surface area contributed by atoms with Crippen molar-refractivity contribution in [2.45, 2.75) is 18.4 Å². The van der Waals surface area contributed by atoms with Crippen LogP contribution in [0.1, 0.15) is 11.1 Å². The normalized spacial score (nSPS) is 11.6. The summed E-state index contributed by atoms with van der Waals surface area (Å²) in [4.78, 5) is 0.0787. The lowest BCUT2D eigenvalue weighted by molar-refractivity contribution is 0.581. The smallest absolute Gasteiger partial charge is 0.207 e. The molecule has 0 heterocycles. The van der Waals surface area contributed by atoms with Gasteiger partial charge < -0.3 is 0 Å². The standard InChI is InChI=1S/C14H13BrClNO2S/c1-10-3-2-4-11(7-10)9-17-20(18,19)14-6-5-12(15)8-13(14)16/h2-8,17H,9H2,1H3. The number of aryl methyl sites for hydroxylation is 1. The van der Waals surface area contributed by atoms with Gasteiger partial charge in [-0.3, -0.25) is 0 Å². The van der Waals surface area contributed by atoms with Crippen LogP contribution >= 0.6 is 27.5 Å². The maximum atomic E-state index is 12.2. The molecule has 0 spiro atoms. The Morgan fingerprint density at radius 3 is 2.60 bits per heavy atom. The molecule has 1 N–H and O–H groups in total. The van der Waals surface area contributed by atoms with Gasteiger partial charge in [-0.25, -0.2) is 13.1 Å². The van der Waals surface area contributed by atoms with Gasteiger partial charge in [0, 0.05) is 11.0 Å². The minimum atomic E-state index is -3.62. The molecule has 2 rings (SSSR count). The maximum absolute atomic E-state index is 12.2. The zero-order valence-corrected chi connectivity index (χ0v) is 13.9. The zero-order chi connectivity index (χ0) is 14.8. The highest BCUT2D eigenvalue weighted by Crippen LogP contribution is 2.25. The van der Waals surface area contributed by atoms with Crippen molar-refractivity contribution in [3.05, 3.63) is 63.1 Å². The molecule has 106 valence electrons. The molecule has 0 aliphatic heterocycles. The van der Waals surface area contributed by atoms with Gasteiger partial charge >= 0.3 is 0 Å². The molecule has 0 aromatic heterocycles. The van der Waals surface area contributed by atoms with E-state index in [1.54, 1.807) is 12.1 Å². The van der Waals surface area contributed by atoms with Crippen LogP contribution in [0.2, 0.25) is 5.02 Å². The van der Waals surface area contributed by atoms with E-state index in [4.69, 9.17) is 11.6 Å².